The summed E-state index contributed by atoms with van der Waals surface area (Å²) in [6.07, 6.45) is 1.71. The first-order chi connectivity index (χ1) is 15.6. The van der Waals surface area contributed by atoms with Crippen LogP contribution in [0.2, 0.25) is 0 Å². The Labute approximate surface area is 191 Å². The summed E-state index contributed by atoms with van der Waals surface area (Å²) < 4.78 is 19.0. The molecular formula is C23H17FN4O2S2. The molecule has 0 radical (unpaired) electrons. The minimum Gasteiger partial charge on any atom is -0.450 e. The molecule has 4 aromatic rings. The average molecular weight is 465 g/mol. The van der Waals surface area contributed by atoms with Crippen molar-refractivity contribution in [1.82, 2.24) is 14.9 Å². The Morgan fingerprint density at radius 3 is 2.78 bits per heavy atom. The number of halogens is 1. The SMILES string of the molecule is CCN1C(=O)/C(=C\c2ccc(Sc3nc4ccccc4[nH]3)o2)SC1=Nc1ccc(F)cc1. The molecule has 2 aromatic heterocycles. The van der Waals surface area contributed by atoms with Crippen molar-refractivity contribution in [3.05, 3.63) is 77.1 Å². The van der Waals surface area contributed by atoms with E-state index in [1.807, 2.05) is 43.3 Å². The Kier molecular flexibility index (Phi) is 5.59. The lowest BCUT2D eigenvalue weighted by Crippen LogP contribution is -2.28. The average Bonchev–Trinajstić information content (AvgIpc) is 3.48. The van der Waals surface area contributed by atoms with Crippen LogP contribution in [0.5, 0.6) is 0 Å². The van der Waals surface area contributed by atoms with E-state index >= 15 is 0 Å². The highest BCUT2D eigenvalue weighted by Crippen LogP contribution is 2.35. The van der Waals surface area contributed by atoms with Gasteiger partial charge in [0.1, 0.15) is 11.6 Å². The van der Waals surface area contributed by atoms with E-state index in [1.165, 1.54) is 35.7 Å². The molecule has 1 aliphatic heterocycles. The lowest BCUT2D eigenvalue weighted by molar-refractivity contribution is -0.122. The van der Waals surface area contributed by atoms with Crippen molar-refractivity contribution in [3.8, 4) is 0 Å². The molecule has 2 aromatic carbocycles. The van der Waals surface area contributed by atoms with E-state index in [1.54, 1.807) is 23.1 Å². The fourth-order valence-corrected chi connectivity index (χ4v) is 4.98. The topological polar surface area (TPSA) is 74.5 Å². The number of furan rings is 1. The molecule has 0 spiro atoms. The monoisotopic (exact) mass is 464 g/mol. The predicted octanol–water partition coefficient (Wildman–Crippen LogP) is 6.07. The lowest BCUT2D eigenvalue weighted by Gasteiger charge is -2.11. The molecule has 9 heteroatoms. The Hall–Kier alpha value is -3.30. The van der Waals surface area contributed by atoms with Gasteiger partial charge in [0, 0.05) is 12.6 Å². The third-order valence-electron chi connectivity index (χ3n) is 4.70. The first-order valence-electron chi connectivity index (χ1n) is 9.87. The number of nitrogens with one attached hydrogen (secondary N) is 1. The van der Waals surface area contributed by atoms with Crippen LogP contribution < -0.4 is 0 Å². The number of carbonyl (C=O) groups excluding carboxylic acids is 1. The molecule has 3 heterocycles. The lowest BCUT2D eigenvalue weighted by atomic mass is 10.3. The molecule has 32 heavy (non-hydrogen) atoms. The van der Waals surface area contributed by atoms with Gasteiger partial charge in [-0.05, 0) is 79.0 Å². The summed E-state index contributed by atoms with van der Waals surface area (Å²) in [6, 6.07) is 17.3. The highest BCUT2D eigenvalue weighted by Gasteiger charge is 2.32. The minimum atomic E-state index is -0.328. The fourth-order valence-electron chi connectivity index (χ4n) is 3.17. The Morgan fingerprint density at radius 2 is 2.00 bits per heavy atom. The van der Waals surface area contributed by atoms with Crippen LogP contribution in [0.3, 0.4) is 0 Å². The number of thioether (sulfide) groups is 1. The molecule has 0 aliphatic carbocycles. The van der Waals surface area contributed by atoms with Gasteiger partial charge in [-0.2, -0.15) is 0 Å². The zero-order valence-electron chi connectivity index (χ0n) is 16.9. The number of imidazole rings is 1. The number of fused-ring (bicyclic) bond motifs is 1. The predicted molar refractivity (Wildman–Crippen MR) is 125 cm³/mol. The summed E-state index contributed by atoms with van der Waals surface area (Å²) in [5.41, 5.74) is 2.44. The number of amidine groups is 1. The summed E-state index contributed by atoms with van der Waals surface area (Å²) in [5, 5.41) is 1.95. The summed E-state index contributed by atoms with van der Waals surface area (Å²) in [6.45, 7) is 2.37. The van der Waals surface area contributed by atoms with E-state index in [-0.39, 0.29) is 11.7 Å². The number of rotatable bonds is 5. The van der Waals surface area contributed by atoms with E-state index in [2.05, 4.69) is 15.0 Å². The van der Waals surface area contributed by atoms with Gasteiger partial charge in [0.25, 0.3) is 5.91 Å². The van der Waals surface area contributed by atoms with Crippen molar-refractivity contribution in [2.45, 2.75) is 17.2 Å². The number of likely N-dealkylation sites (N-methyl/N-ethyl adjacent to an activating group) is 1. The van der Waals surface area contributed by atoms with Crippen molar-refractivity contribution in [1.29, 1.82) is 0 Å². The number of benzene rings is 2. The van der Waals surface area contributed by atoms with Crippen molar-refractivity contribution in [2.24, 2.45) is 4.99 Å². The maximum absolute atomic E-state index is 13.2. The Morgan fingerprint density at radius 1 is 1.19 bits per heavy atom. The number of hydrogen-bond donors (Lipinski definition) is 1. The van der Waals surface area contributed by atoms with Gasteiger partial charge in [0.15, 0.2) is 15.4 Å². The third-order valence-corrected chi connectivity index (χ3v) is 6.51. The maximum Gasteiger partial charge on any atom is 0.266 e. The van der Waals surface area contributed by atoms with Gasteiger partial charge >= 0.3 is 0 Å². The highest BCUT2D eigenvalue weighted by atomic mass is 32.2. The van der Waals surface area contributed by atoms with Crippen LogP contribution in [-0.2, 0) is 4.79 Å². The van der Waals surface area contributed by atoms with Gasteiger partial charge < -0.3 is 9.40 Å². The van der Waals surface area contributed by atoms with Gasteiger partial charge in [-0.25, -0.2) is 14.4 Å². The highest BCUT2D eigenvalue weighted by molar-refractivity contribution is 8.18. The molecule has 0 saturated carbocycles. The first-order valence-corrected chi connectivity index (χ1v) is 11.5. The van der Waals surface area contributed by atoms with Crippen molar-refractivity contribution in [3.63, 3.8) is 0 Å². The molecule has 5 rings (SSSR count). The molecule has 0 bridgehead atoms. The summed E-state index contributed by atoms with van der Waals surface area (Å²) >= 11 is 2.65. The van der Waals surface area contributed by atoms with Crippen LogP contribution in [0.15, 0.2) is 85.2 Å². The number of aromatic amines is 1. The number of para-hydroxylation sites is 2. The second kappa shape index (κ2) is 8.68. The minimum absolute atomic E-state index is 0.138. The number of hydrogen-bond acceptors (Lipinski definition) is 6. The molecule has 6 nitrogen and oxygen atoms in total. The zero-order chi connectivity index (χ0) is 22.1. The van der Waals surface area contributed by atoms with E-state index in [0.717, 1.165) is 16.2 Å². The van der Waals surface area contributed by atoms with E-state index in [9.17, 15) is 9.18 Å². The van der Waals surface area contributed by atoms with Gasteiger partial charge in [0.2, 0.25) is 0 Å². The van der Waals surface area contributed by atoms with E-state index in [4.69, 9.17) is 4.42 Å². The molecule has 1 N–H and O–H groups in total. The van der Waals surface area contributed by atoms with Gasteiger partial charge in [-0.15, -0.1) is 0 Å². The number of amides is 1. The summed E-state index contributed by atoms with van der Waals surface area (Å²) in [5.74, 6) is 0.103. The van der Waals surface area contributed by atoms with Crippen molar-refractivity contribution in [2.75, 3.05) is 6.54 Å². The van der Waals surface area contributed by atoms with Gasteiger partial charge in [-0.3, -0.25) is 9.69 Å². The molecule has 1 saturated heterocycles. The molecule has 0 atom stereocenters. The zero-order valence-corrected chi connectivity index (χ0v) is 18.5. The standard InChI is InChI=1S/C23H17FN4O2S2/c1-2-28-21(29)19(31-23(28)25-15-9-7-14(24)8-10-15)13-16-11-12-20(30-16)32-22-26-17-5-3-4-6-18(17)27-22/h3-13H,2H2,1H3,(H,26,27)/b19-13+,25-23?. The van der Waals surface area contributed by atoms with Crippen molar-refractivity contribution >= 4 is 57.4 Å². The fraction of sp³-hybridized carbons (Fsp3) is 0.0870. The van der Waals surface area contributed by atoms with Gasteiger partial charge in [-0.1, -0.05) is 12.1 Å². The van der Waals surface area contributed by atoms with Crippen LogP contribution in [-0.4, -0.2) is 32.5 Å². The van der Waals surface area contributed by atoms with Gasteiger partial charge in [0.05, 0.1) is 21.6 Å². The van der Waals surface area contributed by atoms with Crippen LogP contribution in [0.1, 0.15) is 12.7 Å². The number of H-pyrrole nitrogens is 1. The maximum atomic E-state index is 13.2. The Bertz CT molecular complexity index is 1320. The molecule has 1 fully saturated rings. The Balaban J connectivity index is 1.35. The normalized spacial score (nSPS) is 16.7. The van der Waals surface area contributed by atoms with E-state index in [0.29, 0.717) is 33.2 Å². The molecule has 1 aliphatic rings. The second-order valence-corrected chi connectivity index (χ2v) is 8.85. The summed E-state index contributed by atoms with van der Waals surface area (Å²) in [7, 11) is 0. The van der Waals surface area contributed by atoms with Crippen molar-refractivity contribution < 1.29 is 13.6 Å². The van der Waals surface area contributed by atoms with Crippen LogP contribution in [0.4, 0.5) is 10.1 Å². The summed E-state index contributed by atoms with van der Waals surface area (Å²) in [4.78, 5) is 27.2. The first kappa shape index (κ1) is 20.6. The molecule has 0 unspecified atom stereocenters. The number of aromatic nitrogens is 2. The van der Waals surface area contributed by atoms with Crippen LogP contribution in [0, 0.1) is 5.82 Å². The number of carbonyl (C=O) groups is 1. The number of aliphatic imine (C=N–C) groups is 1. The molecule has 1 amide bonds. The van der Waals surface area contributed by atoms with E-state index < -0.39 is 0 Å². The third kappa shape index (κ3) is 4.21. The molecular weight excluding hydrogens is 447 g/mol. The van der Waals surface area contributed by atoms with Crippen LogP contribution in [0.25, 0.3) is 17.1 Å². The smallest absolute Gasteiger partial charge is 0.266 e. The largest absolute Gasteiger partial charge is 0.450 e. The van der Waals surface area contributed by atoms with Crippen LogP contribution >= 0.6 is 23.5 Å². The number of nitrogens with zero attached hydrogens (tertiary/aromatic N) is 3. The second-order valence-electron chi connectivity index (χ2n) is 6.85. The quantitative estimate of drug-likeness (QED) is 0.363. The molecule has 160 valence electrons.